The van der Waals surface area contributed by atoms with Crippen LogP contribution in [0.3, 0.4) is 0 Å². The number of hydrogen-bond donors (Lipinski definition) is 1. The Bertz CT molecular complexity index is 1720. The van der Waals surface area contributed by atoms with E-state index in [9.17, 15) is 19.2 Å². The molecule has 4 aromatic rings. The van der Waals surface area contributed by atoms with Gasteiger partial charge in [-0.15, -0.1) is 0 Å². The number of thioether (sulfide) groups is 1. The largest absolute Gasteiger partial charge is 0.324 e. The third kappa shape index (κ3) is 4.66. The number of benzene rings is 3. The summed E-state index contributed by atoms with van der Waals surface area (Å²) >= 11 is 14.4. The maximum atomic E-state index is 13.9. The molecule has 3 atom stereocenters. The lowest BCUT2D eigenvalue weighted by molar-refractivity contribution is -0.122. The van der Waals surface area contributed by atoms with E-state index in [0.29, 0.717) is 31.3 Å². The first-order valence-corrected chi connectivity index (χ1v) is 14.8. The van der Waals surface area contributed by atoms with Crippen molar-refractivity contribution in [2.45, 2.75) is 29.7 Å². The smallest absolute Gasteiger partial charge is 0.308 e. The Kier molecular flexibility index (Phi) is 7.08. The number of halogens is 2. The van der Waals surface area contributed by atoms with Gasteiger partial charge in [0.1, 0.15) is 11.8 Å². The Hall–Kier alpha value is -3.37. The molecular formula is C29H21Cl2N3O4S2. The lowest BCUT2D eigenvalue weighted by Crippen LogP contribution is -2.33. The first-order chi connectivity index (χ1) is 19.2. The standard InChI is InChI=1S/C29H21Cl2N3O4S2/c1-15-4-2-3-5-20(15)32-21(35)14-33-28-25(40-29(33)38)22(16-6-8-17(30)9-7-16)23-24(39-28)27(37)34(26(23)36)19-12-10-18(31)11-13-19/h2-13,22-24H,14H2,1H3,(H,32,35)/t22-,23-,24+/m0/s1. The molecule has 0 spiro atoms. The van der Waals surface area contributed by atoms with Crippen molar-refractivity contribution in [2.24, 2.45) is 5.92 Å². The van der Waals surface area contributed by atoms with Gasteiger partial charge in [-0.2, -0.15) is 0 Å². The molecule has 0 saturated carbocycles. The number of aromatic nitrogens is 1. The number of aryl methyl sites for hydroxylation is 1. The number of fused-ring (bicyclic) bond motifs is 2. The Balaban J connectivity index is 1.41. The molecule has 2 aliphatic rings. The van der Waals surface area contributed by atoms with Gasteiger partial charge in [0.05, 0.1) is 16.6 Å². The SMILES string of the molecule is Cc1ccccc1NC(=O)Cn1c2c(sc1=O)[C@@H](c1ccc(Cl)cc1)[C@@H]1C(=O)N(c3ccc(Cl)cc3)C(=O)[C@@H]1S2. The van der Waals surface area contributed by atoms with Crippen LogP contribution in [-0.2, 0) is 20.9 Å². The highest BCUT2D eigenvalue weighted by Gasteiger charge is 2.56. The van der Waals surface area contributed by atoms with Crippen LogP contribution in [0.5, 0.6) is 0 Å². The van der Waals surface area contributed by atoms with Crippen LogP contribution in [0, 0.1) is 12.8 Å². The van der Waals surface area contributed by atoms with E-state index in [4.69, 9.17) is 23.2 Å². The fourth-order valence-electron chi connectivity index (χ4n) is 5.18. The molecule has 2 aliphatic heterocycles. The molecule has 0 unspecified atom stereocenters. The first-order valence-electron chi connectivity index (χ1n) is 12.4. The minimum atomic E-state index is -0.781. The molecule has 40 heavy (non-hydrogen) atoms. The number of rotatable bonds is 5. The lowest BCUT2D eigenvalue weighted by atomic mass is 9.83. The Morgan fingerprint density at radius 2 is 1.55 bits per heavy atom. The molecule has 6 rings (SSSR count). The topological polar surface area (TPSA) is 88.5 Å². The fraction of sp³-hybridized carbons (Fsp3) is 0.172. The van der Waals surface area contributed by atoms with E-state index in [1.807, 2.05) is 37.3 Å². The number of nitrogens with one attached hydrogen (secondary N) is 1. The highest BCUT2D eigenvalue weighted by atomic mass is 35.5. The second-order valence-electron chi connectivity index (χ2n) is 9.57. The summed E-state index contributed by atoms with van der Waals surface area (Å²) in [5.41, 5.74) is 2.75. The summed E-state index contributed by atoms with van der Waals surface area (Å²) in [6, 6.07) is 21.0. The van der Waals surface area contributed by atoms with E-state index in [1.165, 1.54) is 21.2 Å². The highest BCUT2D eigenvalue weighted by Crippen LogP contribution is 2.54. The van der Waals surface area contributed by atoms with Crippen molar-refractivity contribution in [1.29, 1.82) is 0 Å². The number of imide groups is 1. The summed E-state index contributed by atoms with van der Waals surface area (Å²) in [5.74, 6) is -2.39. The molecule has 3 heterocycles. The molecule has 7 nitrogen and oxygen atoms in total. The maximum absolute atomic E-state index is 13.9. The quantitative estimate of drug-likeness (QED) is 0.282. The molecule has 1 fully saturated rings. The van der Waals surface area contributed by atoms with Crippen LogP contribution in [0.2, 0.25) is 10.0 Å². The minimum Gasteiger partial charge on any atom is -0.324 e. The Morgan fingerprint density at radius 3 is 2.23 bits per heavy atom. The number of para-hydroxylation sites is 1. The fourth-order valence-corrected chi connectivity index (χ4v) is 8.20. The monoisotopic (exact) mass is 609 g/mol. The van der Waals surface area contributed by atoms with Crippen molar-refractivity contribution in [2.75, 3.05) is 10.2 Å². The third-order valence-corrected chi connectivity index (χ3v) is 10.2. The van der Waals surface area contributed by atoms with Crippen LogP contribution in [0.1, 0.15) is 21.9 Å². The van der Waals surface area contributed by atoms with Crippen molar-refractivity contribution >= 4 is 75.4 Å². The van der Waals surface area contributed by atoms with Crippen molar-refractivity contribution in [3.8, 4) is 0 Å². The Morgan fingerprint density at radius 1 is 0.900 bits per heavy atom. The van der Waals surface area contributed by atoms with E-state index in [0.717, 1.165) is 22.5 Å². The van der Waals surface area contributed by atoms with Gasteiger partial charge in [0.2, 0.25) is 17.7 Å². The molecular weight excluding hydrogens is 589 g/mol. The summed E-state index contributed by atoms with van der Waals surface area (Å²) in [6.45, 7) is 1.66. The van der Waals surface area contributed by atoms with Gasteiger partial charge in [0, 0.05) is 26.5 Å². The number of carbonyl (C=O) groups is 3. The summed E-state index contributed by atoms with van der Waals surface area (Å²) < 4.78 is 1.40. The number of anilines is 2. The number of thiazole rings is 1. The maximum Gasteiger partial charge on any atom is 0.308 e. The lowest BCUT2D eigenvalue weighted by Gasteiger charge is -2.30. The summed E-state index contributed by atoms with van der Waals surface area (Å²) in [6.07, 6.45) is 0. The Labute approximate surface area is 247 Å². The molecule has 1 saturated heterocycles. The number of carbonyl (C=O) groups excluding carboxylic acids is 3. The zero-order valence-electron chi connectivity index (χ0n) is 21.0. The van der Waals surface area contributed by atoms with Crippen LogP contribution in [0.25, 0.3) is 0 Å². The van der Waals surface area contributed by atoms with Crippen molar-refractivity contribution in [3.05, 3.63) is 109 Å². The van der Waals surface area contributed by atoms with Gasteiger partial charge in [0.15, 0.2) is 0 Å². The molecule has 0 bridgehead atoms. The summed E-state index contributed by atoms with van der Waals surface area (Å²) in [7, 11) is 0. The van der Waals surface area contributed by atoms with E-state index < -0.39 is 17.1 Å². The minimum absolute atomic E-state index is 0.222. The summed E-state index contributed by atoms with van der Waals surface area (Å²) in [4.78, 5) is 55.5. The van der Waals surface area contributed by atoms with Crippen LogP contribution in [0.15, 0.2) is 82.6 Å². The van der Waals surface area contributed by atoms with Gasteiger partial charge in [0.25, 0.3) is 0 Å². The predicted molar refractivity (Wildman–Crippen MR) is 159 cm³/mol. The zero-order chi connectivity index (χ0) is 28.1. The van der Waals surface area contributed by atoms with Crippen LogP contribution in [-0.4, -0.2) is 27.5 Å². The van der Waals surface area contributed by atoms with Gasteiger partial charge in [-0.25, -0.2) is 4.90 Å². The van der Waals surface area contributed by atoms with E-state index in [2.05, 4.69) is 5.32 Å². The van der Waals surface area contributed by atoms with Crippen molar-refractivity contribution in [3.63, 3.8) is 0 Å². The van der Waals surface area contributed by atoms with Crippen LogP contribution >= 0.6 is 46.3 Å². The second kappa shape index (κ2) is 10.6. The number of nitrogens with zero attached hydrogens (tertiary/aromatic N) is 2. The molecule has 3 aromatic carbocycles. The van der Waals surface area contributed by atoms with Gasteiger partial charge in [-0.3, -0.25) is 23.7 Å². The summed E-state index contributed by atoms with van der Waals surface area (Å²) in [5, 5.41) is 3.63. The molecule has 1 aromatic heterocycles. The third-order valence-electron chi connectivity index (χ3n) is 7.08. The molecule has 1 N–H and O–H groups in total. The van der Waals surface area contributed by atoms with Gasteiger partial charge < -0.3 is 5.32 Å². The van der Waals surface area contributed by atoms with Crippen molar-refractivity contribution in [1.82, 2.24) is 4.57 Å². The highest BCUT2D eigenvalue weighted by molar-refractivity contribution is 8.00. The zero-order valence-corrected chi connectivity index (χ0v) is 24.1. The number of hydrogen-bond acceptors (Lipinski definition) is 6. The normalized spacial score (nSPS) is 19.9. The van der Waals surface area contributed by atoms with Crippen LogP contribution in [0.4, 0.5) is 11.4 Å². The molecule has 202 valence electrons. The average molecular weight is 611 g/mol. The molecule has 11 heteroatoms. The molecule has 0 aliphatic carbocycles. The predicted octanol–water partition coefficient (Wildman–Crippen LogP) is 5.96. The first kappa shape index (κ1) is 26.8. The van der Waals surface area contributed by atoms with Gasteiger partial charge >= 0.3 is 4.87 Å². The van der Waals surface area contributed by atoms with Gasteiger partial charge in [-0.05, 0) is 60.5 Å². The van der Waals surface area contributed by atoms with Crippen LogP contribution < -0.4 is 15.1 Å². The van der Waals surface area contributed by atoms with E-state index in [1.54, 1.807) is 42.5 Å². The second-order valence-corrected chi connectivity index (χ2v) is 12.6. The number of amides is 3. The molecule has 3 amide bonds. The molecule has 0 radical (unpaired) electrons. The van der Waals surface area contributed by atoms with E-state index in [-0.39, 0.29) is 29.1 Å². The van der Waals surface area contributed by atoms with Crippen molar-refractivity contribution < 1.29 is 14.4 Å². The van der Waals surface area contributed by atoms with E-state index >= 15 is 0 Å². The van der Waals surface area contributed by atoms with Gasteiger partial charge in [-0.1, -0.05) is 76.6 Å². The average Bonchev–Trinajstić information content (AvgIpc) is 3.37.